The van der Waals surface area contributed by atoms with Crippen LogP contribution in [0, 0.1) is 11.6 Å². The molecule has 1 aromatic carbocycles. The summed E-state index contributed by atoms with van der Waals surface area (Å²) < 4.78 is 28.9. The van der Waals surface area contributed by atoms with Crippen LogP contribution in [0.4, 0.5) is 8.78 Å². The molecule has 1 aliphatic rings. The Bertz CT molecular complexity index is 718. The Kier molecular flexibility index (Phi) is 4.64. The van der Waals surface area contributed by atoms with Gasteiger partial charge in [-0.05, 0) is 39.3 Å². The standard InChI is InChI=1S/C17H22F2N4O/c1-12(2)23-10-15(20-21-23)17(24)7-4-8-22(11-17)9-13-5-3-6-14(18)16(13)19/h3,5-6,10,12,24H,4,7-9,11H2,1-2H3/t17-/m0/s1. The molecule has 1 N–H and O–H groups in total. The predicted octanol–water partition coefficient (Wildman–Crippen LogP) is 2.62. The maximum absolute atomic E-state index is 13.9. The summed E-state index contributed by atoms with van der Waals surface area (Å²) >= 11 is 0. The van der Waals surface area contributed by atoms with Crippen molar-refractivity contribution in [2.75, 3.05) is 13.1 Å². The van der Waals surface area contributed by atoms with Gasteiger partial charge >= 0.3 is 0 Å². The Labute approximate surface area is 139 Å². The first-order valence-electron chi connectivity index (χ1n) is 8.19. The summed E-state index contributed by atoms with van der Waals surface area (Å²) in [6, 6.07) is 4.34. The Balaban J connectivity index is 1.76. The molecule has 1 saturated heterocycles. The molecule has 0 saturated carbocycles. The van der Waals surface area contributed by atoms with Gasteiger partial charge in [0, 0.05) is 24.7 Å². The maximum Gasteiger partial charge on any atom is 0.163 e. The van der Waals surface area contributed by atoms with Crippen LogP contribution in [0.1, 0.15) is 44.0 Å². The van der Waals surface area contributed by atoms with Gasteiger partial charge in [0.1, 0.15) is 11.3 Å². The van der Waals surface area contributed by atoms with Crippen molar-refractivity contribution in [2.45, 2.75) is 44.9 Å². The quantitative estimate of drug-likeness (QED) is 0.932. The van der Waals surface area contributed by atoms with Gasteiger partial charge in [-0.2, -0.15) is 0 Å². The molecule has 0 radical (unpaired) electrons. The molecule has 0 amide bonds. The van der Waals surface area contributed by atoms with Crippen molar-refractivity contribution in [1.82, 2.24) is 19.9 Å². The van der Waals surface area contributed by atoms with Crippen LogP contribution in [-0.4, -0.2) is 38.1 Å². The zero-order chi connectivity index (χ0) is 17.3. The highest BCUT2D eigenvalue weighted by atomic mass is 19.2. The summed E-state index contributed by atoms with van der Waals surface area (Å²) in [7, 11) is 0. The molecule has 1 fully saturated rings. The number of β-amino-alcohol motifs (C(OH)–C–C–N with tert-alkyl or cyclic N) is 1. The van der Waals surface area contributed by atoms with Crippen LogP contribution in [0.2, 0.25) is 0 Å². The van der Waals surface area contributed by atoms with E-state index >= 15 is 0 Å². The van der Waals surface area contributed by atoms with E-state index in [4.69, 9.17) is 0 Å². The molecule has 1 atom stereocenters. The number of piperidine rings is 1. The number of aliphatic hydroxyl groups is 1. The number of aromatic nitrogens is 3. The second-order valence-corrected chi connectivity index (χ2v) is 6.74. The van der Waals surface area contributed by atoms with Gasteiger partial charge in [-0.25, -0.2) is 13.5 Å². The molecular weight excluding hydrogens is 314 g/mol. The van der Waals surface area contributed by atoms with Crippen LogP contribution in [0.3, 0.4) is 0 Å². The fourth-order valence-electron chi connectivity index (χ4n) is 3.12. The summed E-state index contributed by atoms with van der Waals surface area (Å²) in [5, 5.41) is 19.1. The van der Waals surface area contributed by atoms with Crippen molar-refractivity contribution in [3.63, 3.8) is 0 Å². The number of hydrogen-bond donors (Lipinski definition) is 1. The van der Waals surface area contributed by atoms with Gasteiger partial charge in [-0.1, -0.05) is 17.3 Å². The van der Waals surface area contributed by atoms with Crippen LogP contribution >= 0.6 is 0 Å². The highest BCUT2D eigenvalue weighted by molar-refractivity contribution is 5.19. The summed E-state index contributed by atoms with van der Waals surface area (Å²) in [4.78, 5) is 1.93. The first-order valence-corrected chi connectivity index (χ1v) is 8.19. The van der Waals surface area contributed by atoms with Crippen molar-refractivity contribution in [2.24, 2.45) is 0 Å². The lowest BCUT2D eigenvalue weighted by atomic mass is 9.89. The number of likely N-dealkylation sites (tertiary alicyclic amines) is 1. The van der Waals surface area contributed by atoms with E-state index in [-0.39, 0.29) is 12.6 Å². The molecule has 2 heterocycles. The molecule has 0 aliphatic carbocycles. The van der Waals surface area contributed by atoms with Gasteiger partial charge in [0.15, 0.2) is 11.6 Å². The van der Waals surface area contributed by atoms with E-state index in [0.29, 0.717) is 24.2 Å². The Morgan fingerprint density at radius 2 is 2.12 bits per heavy atom. The van der Waals surface area contributed by atoms with Gasteiger partial charge in [-0.3, -0.25) is 4.90 Å². The molecule has 2 aromatic rings. The monoisotopic (exact) mass is 336 g/mol. The SMILES string of the molecule is CC(C)n1cc([C@]2(O)CCCN(Cc3cccc(F)c3F)C2)nn1. The third kappa shape index (κ3) is 3.32. The minimum Gasteiger partial charge on any atom is -0.382 e. The fraction of sp³-hybridized carbons (Fsp3) is 0.529. The lowest BCUT2D eigenvalue weighted by Gasteiger charge is -2.38. The highest BCUT2D eigenvalue weighted by Crippen LogP contribution is 2.31. The zero-order valence-electron chi connectivity index (χ0n) is 13.9. The number of rotatable bonds is 4. The second-order valence-electron chi connectivity index (χ2n) is 6.74. The van der Waals surface area contributed by atoms with Crippen LogP contribution < -0.4 is 0 Å². The molecule has 1 aromatic heterocycles. The lowest BCUT2D eigenvalue weighted by Crippen LogP contribution is -2.46. The number of nitrogens with zero attached hydrogens (tertiary/aromatic N) is 4. The van der Waals surface area contributed by atoms with Crippen LogP contribution in [0.15, 0.2) is 24.4 Å². The third-order valence-corrected chi connectivity index (χ3v) is 4.49. The maximum atomic E-state index is 13.9. The van der Waals surface area contributed by atoms with Crippen molar-refractivity contribution in [3.05, 3.63) is 47.3 Å². The van der Waals surface area contributed by atoms with Crippen molar-refractivity contribution in [1.29, 1.82) is 0 Å². The smallest absolute Gasteiger partial charge is 0.163 e. The molecule has 0 unspecified atom stereocenters. The van der Waals surface area contributed by atoms with Crippen LogP contribution in [0.25, 0.3) is 0 Å². The van der Waals surface area contributed by atoms with Crippen molar-refractivity contribution >= 4 is 0 Å². The Morgan fingerprint density at radius 1 is 1.33 bits per heavy atom. The van der Waals surface area contributed by atoms with Gasteiger partial charge in [0.2, 0.25) is 0 Å². The van der Waals surface area contributed by atoms with E-state index in [1.807, 2.05) is 18.7 Å². The van der Waals surface area contributed by atoms with Crippen molar-refractivity contribution in [3.8, 4) is 0 Å². The number of benzene rings is 1. The highest BCUT2D eigenvalue weighted by Gasteiger charge is 2.37. The van der Waals surface area contributed by atoms with E-state index < -0.39 is 17.2 Å². The van der Waals surface area contributed by atoms with Gasteiger partial charge < -0.3 is 5.11 Å². The average Bonchev–Trinajstić information content (AvgIpc) is 3.03. The van der Waals surface area contributed by atoms with Gasteiger partial charge in [0.05, 0.1) is 6.20 Å². The summed E-state index contributed by atoms with van der Waals surface area (Å²) in [6.45, 7) is 5.27. The molecule has 0 spiro atoms. The van der Waals surface area contributed by atoms with Crippen LogP contribution in [0.5, 0.6) is 0 Å². The molecule has 130 valence electrons. The Hall–Kier alpha value is -1.86. The third-order valence-electron chi connectivity index (χ3n) is 4.49. The molecule has 5 nitrogen and oxygen atoms in total. The molecule has 3 rings (SSSR count). The van der Waals surface area contributed by atoms with Gasteiger partial charge in [0.25, 0.3) is 0 Å². The normalized spacial score (nSPS) is 22.2. The van der Waals surface area contributed by atoms with E-state index in [2.05, 4.69) is 10.3 Å². The molecule has 7 heteroatoms. The van der Waals surface area contributed by atoms with E-state index in [9.17, 15) is 13.9 Å². The Morgan fingerprint density at radius 3 is 2.83 bits per heavy atom. The number of hydrogen-bond acceptors (Lipinski definition) is 4. The van der Waals surface area contributed by atoms with E-state index in [1.165, 1.54) is 6.07 Å². The van der Waals surface area contributed by atoms with Crippen molar-refractivity contribution < 1.29 is 13.9 Å². The molecular formula is C17H22F2N4O. The topological polar surface area (TPSA) is 54.2 Å². The molecule has 24 heavy (non-hydrogen) atoms. The minimum atomic E-state index is -1.12. The first kappa shape index (κ1) is 17.0. The predicted molar refractivity (Wildman–Crippen MR) is 85.2 cm³/mol. The summed E-state index contributed by atoms with van der Waals surface area (Å²) in [5.74, 6) is -1.67. The van der Waals surface area contributed by atoms with E-state index in [0.717, 1.165) is 19.0 Å². The zero-order valence-corrected chi connectivity index (χ0v) is 13.9. The van der Waals surface area contributed by atoms with Crippen LogP contribution in [-0.2, 0) is 12.1 Å². The van der Waals surface area contributed by atoms with E-state index in [1.54, 1.807) is 16.9 Å². The fourth-order valence-corrected chi connectivity index (χ4v) is 3.12. The molecule has 0 bridgehead atoms. The summed E-state index contributed by atoms with van der Waals surface area (Å²) in [6.07, 6.45) is 3.09. The lowest BCUT2D eigenvalue weighted by molar-refractivity contribution is -0.0417. The molecule has 1 aliphatic heterocycles. The van der Waals surface area contributed by atoms with Gasteiger partial charge in [-0.15, -0.1) is 5.10 Å². The average molecular weight is 336 g/mol. The first-order chi connectivity index (χ1) is 11.4. The number of halogens is 2. The second kappa shape index (κ2) is 6.57. The largest absolute Gasteiger partial charge is 0.382 e. The summed E-state index contributed by atoms with van der Waals surface area (Å²) in [5.41, 5.74) is -0.291. The minimum absolute atomic E-state index is 0.163.